The molecule has 1 aliphatic heterocycles. The molecule has 1 aromatic rings. The first kappa shape index (κ1) is 12.2. The van der Waals surface area contributed by atoms with Gasteiger partial charge in [-0.25, -0.2) is 9.97 Å². The minimum absolute atomic E-state index is 0.812. The standard InChI is InChI=1S/C11H16BrN3S/c1-16-11-6-10(13-8-14-11)15-5-3-9(7-15)2-4-12/h6,8-9H,2-5,7H2,1H3. The molecule has 3 nitrogen and oxygen atoms in total. The molecule has 2 rings (SSSR count). The molecule has 1 saturated heterocycles. The van der Waals surface area contributed by atoms with Gasteiger partial charge in [-0.3, -0.25) is 0 Å². The Morgan fingerprint density at radius 2 is 2.44 bits per heavy atom. The van der Waals surface area contributed by atoms with Crippen molar-refractivity contribution in [2.75, 3.05) is 29.6 Å². The molecule has 0 spiro atoms. The molecule has 0 amide bonds. The molecule has 1 aliphatic rings. The number of hydrogen-bond acceptors (Lipinski definition) is 4. The second kappa shape index (κ2) is 5.87. The summed E-state index contributed by atoms with van der Waals surface area (Å²) in [7, 11) is 0. The molecule has 0 aliphatic carbocycles. The summed E-state index contributed by atoms with van der Waals surface area (Å²) in [5.41, 5.74) is 0. The fraction of sp³-hybridized carbons (Fsp3) is 0.636. The van der Waals surface area contributed by atoms with Crippen molar-refractivity contribution < 1.29 is 0 Å². The number of alkyl halides is 1. The van der Waals surface area contributed by atoms with E-state index >= 15 is 0 Å². The molecule has 1 atom stereocenters. The zero-order chi connectivity index (χ0) is 11.4. The number of rotatable bonds is 4. The average molecular weight is 302 g/mol. The van der Waals surface area contributed by atoms with Crippen LogP contribution in [0.2, 0.25) is 0 Å². The van der Waals surface area contributed by atoms with E-state index in [2.05, 4.69) is 36.9 Å². The first-order valence-electron chi connectivity index (χ1n) is 5.50. The van der Waals surface area contributed by atoms with Gasteiger partial charge in [0.15, 0.2) is 0 Å². The second-order valence-electron chi connectivity index (χ2n) is 4.00. The predicted octanol–water partition coefficient (Wildman–Crippen LogP) is 2.81. The number of hydrogen-bond donors (Lipinski definition) is 0. The van der Waals surface area contributed by atoms with Crippen molar-refractivity contribution in [1.82, 2.24) is 9.97 Å². The molecule has 16 heavy (non-hydrogen) atoms. The van der Waals surface area contributed by atoms with Crippen molar-refractivity contribution in [2.24, 2.45) is 5.92 Å². The molecule has 0 N–H and O–H groups in total. The number of aromatic nitrogens is 2. The highest BCUT2D eigenvalue weighted by Gasteiger charge is 2.22. The SMILES string of the molecule is CSc1cc(N2CCC(CCBr)C2)ncn1. The van der Waals surface area contributed by atoms with Gasteiger partial charge in [-0.2, -0.15) is 0 Å². The van der Waals surface area contributed by atoms with E-state index in [1.807, 2.05) is 6.26 Å². The van der Waals surface area contributed by atoms with Crippen molar-refractivity contribution in [3.8, 4) is 0 Å². The molecule has 2 heterocycles. The summed E-state index contributed by atoms with van der Waals surface area (Å²) in [6.45, 7) is 2.26. The first-order valence-corrected chi connectivity index (χ1v) is 7.85. The van der Waals surface area contributed by atoms with Crippen LogP contribution < -0.4 is 4.90 Å². The number of anilines is 1. The maximum absolute atomic E-state index is 4.35. The van der Waals surface area contributed by atoms with Gasteiger partial charge >= 0.3 is 0 Å². The maximum Gasteiger partial charge on any atom is 0.133 e. The zero-order valence-electron chi connectivity index (χ0n) is 9.40. The third-order valence-electron chi connectivity index (χ3n) is 2.96. The van der Waals surface area contributed by atoms with Crippen LogP contribution in [-0.4, -0.2) is 34.6 Å². The van der Waals surface area contributed by atoms with Gasteiger partial charge in [0.1, 0.15) is 17.2 Å². The summed E-state index contributed by atoms with van der Waals surface area (Å²) < 4.78 is 0. The number of thioether (sulfide) groups is 1. The quantitative estimate of drug-likeness (QED) is 0.486. The van der Waals surface area contributed by atoms with Crippen LogP contribution in [0.15, 0.2) is 17.4 Å². The molecule has 1 unspecified atom stereocenters. The van der Waals surface area contributed by atoms with E-state index in [4.69, 9.17) is 0 Å². The Labute approximate surface area is 109 Å². The Balaban J connectivity index is 2.02. The van der Waals surface area contributed by atoms with Crippen molar-refractivity contribution in [1.29, 1.82) is 0 Å². The Hall–Kier alpha value is -0.290. The average Bonchev–Trinajstić information content (AvgIpc) is 2.78. The van der Waals surface area contributed by atoms with Crippen molar-refractivity contribution in [3.63, 3.8) is 0 Å². The van der Waals surface area contributed by atoms with Crippen LogP contribution in [0.4, 0.5) is 5.82 Å². The summed E-state index contributed by atoms with van der Waals surface area (Å²) in [5.74, 6) is 1.89. The lowest BCUT2D eigenvalue weighted by Crippen LogP contribution is -2.21. The minimum atomic E-state index is 0.812. The van der Waals surface area contributed by atoms with Crippen molar-refractivity contribution in [2.45, 2.75) is 17.9 Å². The van der Waals surface area contributed by atoms with Crippen LogP contribution >= 0.6 is 27.7 Å². The molecule has 1 aromatic heterocycles. The smallest absolute Gasteiger partial charge is 0.133 e. The van der Waals surface area contributed by atoms with Crippen LogP contribution in [0.5, 0.6) is 0 Å². The van der Waals surface area contributed by atoms with Crippen LogP contribution in [0.25, 0.3) is 0 Å². The molecule has 5 heteroatoms. The monoisotopic (exact) mass is 301 g/mol. The van der Waals surface area contributed by atoms with E-state index < -0.39 is 0 Å². The van der Waals surface area contributed by atoms with Gasteiger partial charge in [0.05, 0.1) is 0 Å². The Morgan fingerprint density at radius 1 is 1.56 bits per heavy atom. The lowest BCUT2D eigenvalue weighted by molar-refractivity contribution is 0.575. The lowest BCUT2D eigenvalue weighted by atomic mass is 10.1. The number of halogens is 1. The zero-order valence-corrected chi connectivity index (χ0v) is 11.8. The Bertz CT molecular complexity index is 348. The molecule has 0 aromatic carbocycles. The fourth-order valence-corrected chi connectivity index (χ4v) is 3.07. The Morgan fingerprint density at radius 3 is 3.19 bits per heavy atom. The topological polar surface area (TPSA) is 29.0 Å². The van der Waals surface area contributed by atoms with Crippen LogP contribution in [0.1, 0.15) is 12.8 Å². The summed E-state index contributed by atoms with van der Waals surface area (Å²) in [4.78, 5) is 10.9. The molecule has 88 valence electrons. The van der Waals surface area contributed by atoms with E-state index in [0.717, 1.165) is 35.2 Å². The van der Waals surface area contributed by atoms with Gasteiger partial charge in [-0.1, -0.05) is 15.9 Å². The van der Waals surface area contributed by atoms with Crippen molar-refractivity contribution >= 4 is 33.5 Å². The van der Waals surface area contributed by atoms with Gasteiger partial charge in [-0.15, -0.1) is 11.8 Å². The highest BCUT2D eigenvalue weighted by Crippen LogP contribution is 2.26. The van der Waals surface area contributed by atoms with E-state index in [9.17, 15) is 0 Å². The van der Waals surface area contributed by atoms with Gasteiger partial charge < -0.3 is 4.90 Å². The molecule has 0 saturated carbocycles. The fourth-order valence-electron chi connectivity index (χ4n) is 2.05. The van der Waals surface area contributed by atoms with Crippen LogP contribution in [0.3, 0.4) is 0 Å². The van der Waals surface area contributed by atoms with E-state index in [1.165, 1.54) is 12.8 Å². The molecule has 0 bridgehead atoms. The normalized spacial score (nSPS) is 20.4. The van der Waals surface area contributed by atoms with Gasteiger partial charge in [0.2, 0.25) is 0 Å². The summed E-state index contributed by atoms with van der Waals surface area (Å²) in [6.07, 6.45) is 6.25. The minimum Gasteiger partial charge on any atom is -0.356 e. The van der Waals surface area contributed by atoms with E-state index in [1.54, 1.807) is 18.1 Å². The summed E-state index contributed by atoms with van der Waals surface area (Å²) >= 11 is 5.18. The highest BCUT2D eigenvalue weighted by atomic mass is 79.9. The van der Waals surface area contributed by atoms with E-state index in [-0.39, 0.29) is 0 Å². The predicted molar refractivity (Wildman–Crippen MR) is 72.5 cm³/mol. The molecular formula is C11H16BrN3S. The molecular weight excluding hydrogens is 286 g/mol. The van der Waals surface area contributed by atoms with Crippen LogP contribution in [0, 0.1) is 5.92 Å². The Kier molecular flexibility index (Phi) is 4.46. The largest absolute Gasteiger partial charge is 0.356 e. The van der Waals surface area contributed by atoms with Gasteiger partial charge in [0.25, 0.3) is 0 Å². The van der Waals surface area contributed by atoms with Gasteiger partial charge in [0, 0.05) is 24.5 Å². The van der Waals surface area contributed by atoms with Crippen LogP contribution in [-0.2, 0) is 0 Å². The summed E-state index contributed by atoms with van der Waals surface area (Å²) in [6, 6.07) is 2.08. The third kappa shape index (κ3) is 2.88. The second-order valence-corrected chi connectivity index (χ2v) is 5.62. The lowest BCUT2D eigenvalue weighted by Gasteiger charge is -2.17. The number of nitrogens with zero attached hydrogens (tertiary/aromatic N) is 3. The summed E-state index contributed by atoms with van der Waals surface area (Å²) in [5, 5.41) is 2.15. The highest BCUT2D eigenvalue weighted by molar-refractivity contribution is 9.09. The first-order chi connectivity index (χ1) is 7.83. The van der Waals surface area contributed by atoms with Crippen molar-refractivity contribution in [3.05, 3.63) is 12.4 Å². The third-order valence-corrected chi connectivity index (χ3v) is 4.06. The van der Waals surface area contributed by atoms with E-state index in [0.29, 0.717) is 0 Å². The molecule has 1 fully saturated rings. The molecule has 0 radical (unpaired) electrons. The maximum atomic E-state index is 4.35. The van der Waals surface area contributed by atoms with Gasteiger partial charge in [-0.05, 0) is 25.0 Å².